The minimum Gasteiger partial charge on any atom is -0.324 e. The molecule has 2 amide bonds. The maximum Gasteiger partial charge on any atom is 0.238 e. The minimum atomic E-state index is -0.149. The molecule has 0 unspecified atom stereocenters. The maximum absolute atomic E-state index is 12.7. The fraction of sp³-hybridized carbons (Fsp3) is 0.273. The van der Waals surface area contributed by atoms with E-state index in [1.807, 2.05) is 12.1 Å². The smallest absolute Gasteiger partial charge is 0.238 e. The largest absolute Gasteiger partial charge is 0.324 e. The lowest BCUT2D eigenvalue weighted by atomic mass is 10.2. The summed E-state index contributed by atoms with van der Waals surface area (Å²) in [5.74, 6) is -0.264. The van der Waals surface area contributed by atoms with Gasteiger partial charge in [-0.25, -0.2) is 9.67 Å². The third kappa shape index (κ3) is 6.29. The molecule has 0 bridgehead atoms. The summed E-state index contributed by atoms with van der Waals surface area (Å²) in [5, 5.41) is 10.9. The fourth-order valence-electron chi connectivity index (χ4n) is 3.59. The van der Waals surface area contributed by atoms with Crippen molar-refractivity contribution in [2.24, 2.45) is 0 Å². The Balaban J connectivity index is 1.26. The second-order valence-corrected chi connectivity index (χ2v) is 8.47. The molecule has 9 nitrogen and oxygen atoms in total. The Hall–Kier alpha value is -2.98. The molecule has 1 aliphatic rings. The highest BCUT2D eigenvalue weighted by atomic mass is 35.5. The normalized spacial score (nSPS) is 14.7. The summed E-state index contributed by atoms with van der Waals surface area (Å²) < 4.78 is 1.57. The molecule has 33 heavy (non-hydrogen) atoms. The van der Waals surface area contributed by atoms with Crippen LogP contribution in [0.3, 0.4) is 0 Å². The van der Waals surface area contributed by atoms with Gasteiger partial charge in [-0.2, -0.15) is 5.10 Å². The third-order valence-electron chi connectivity index (χ3n) is 5.25. The van der Waals surface area contributed by atoms with E-state index in [1.165, 1.54) is 6.33 Å². The maximum atomic E-state index is 12.7. The van der Waals surface area contributed by atoms with Crippen LogP contribution in [-0.4, -0.2) is 75.6 Å². The van der Waals surface area contributed by atoms with Crippen molar-refractivity contribution >= 4 is 46.4 Å². The highest BCUT2D eigenvalue weighted by Gasteiger charge is 2.21. The van der Waals surface area contributed by atoms with E-state index in [0.29, 0.717) is 53.3 Å². The zero-order valence-electron chi connectivity index (χ0n) is 17.7. The Morgan fingerprint density at radius 1 is 0.879 bits per heavy atom. The van der Waals surface area contributed by atoms with Crippen LogP contribution in [0.4, 0.5) is 11.4 Å². The third-order valence-corrected chi connectivity index (χ3v) is 5.81. The van der Waals surface area contributed by atoms with Crippen molar-refractivity contribution in [2.45, 2.75) is 0 Å². The highest BCUT2D eigenvalue weighted by Crippen LogP contribution is 2.24. The van der Waals surface area contributed by atoms with E-state index < -0.39 is 0 Å². The fourth-order valence-corrected chi connectivity index (χ4v) is 3.95. The SMILES string of the molecule is O=C(CN1CCN(CC(=O)Nc2cc(Cl)ccc2-n2cncn2)CC1)Nc1ccccc1Cl. The number of aromatic nitrogens is 3. The molecule has 0 aliphatic carbocycles. The first-order chi connectivity index (χ1) is 16.0. The van der Waals surface area contributed by atoms with Gasteiger partial charge in [-0.15, -0.1) is 0 Å². The number of anilines is 2. The molecule has 1 aromatic heterocycles. The molecule has 1 aliphatic heterocycles. The average molecular weight is 488 g/mol. The first-order valence-electron chi connectivity index (χ1n) is 10.4. The van der Waals surface area contributed by atoms with Gasteiger partial charge < -0.3 is 10.6 Å². The number of hydrogen-bond acceptors (Lipinski definition) is 6. The van der Waals surface area contributed by atoms with Crippen molar-refractivity contribution < 1.29 is 9.59 Å². The van der Waals surface area contributed by atoms with E-state index in [4.69, 9.17) is 23.2 Å². The van der Waals surface area contributed by atoms with Gasteiger partial charge in [-0.3, -0.25) is 19.4 Å². The summed E-state index contributed by atoms with van der Waals surface area (Å²) in [5.41, 5.74) is 1.85. The van der Waals surface area contributed by atoms with Crippen LogP contribution in [0.15, 0.2) is 55.1 Å². The zero-order valence-corrected chi connectivity index (χ0v) is 19.3. The lowest BCUT2D eigenvalue weighted by Gasteiger charge is -2.33. The minimum absolute atomic E-state index is 0.115. The number of hydrogen-bond donors (Lipinski definition) is 2. The van der Waals surface area contributed by atoms with E-state index in [9.17, 15) is 9.59 Å². The molecule has 3 aromatic rings. The molecule has 4 rings (SSSR count). The van der Waals surface area contributed by atoms with Gasteiger partial charge in [0.05, 0.1) is 35.2 Å². The predicted molar refractivity (Wildman–Crippen MR) is 128 cm³/mol. The van der Waals surface area contributed by atoms with Crippen LogP contribution in [-0.2, 0) is 9.59 Å². The van der Waals surface area contributed by atoms with E-state index >= 15 is 0 Å². The molecule has 2 aromatic carbocycles. The molecule has 0 radical (unpaired) electrons. The molecular weight excluding hydrogens is 465 g/mol. The molecule has 0 saturated carbocycles. The van der Waals surface area contributed by atoms with Crippen molar-refractivity contribution in [1.29, 1.82) is 0 Å². The van der Waals surface area contributed by atoms with Crippen molar-refractivity contribution in [1.82, 2.24) is 24.6 Å². The number of piperazine rings is 1. The number of nitrogens with zero attached hydrogens (tertiary/aromatic N) is 5. The Labute approximate surface area is 201 Å². The number of carbonyl (C=O) groups is 2. The van der Waals surface area contributed by atoms with Crippen molar-refractivity contribution in [3.63, 3.8) is 0 Å². The van der Waals surface area contributed by atoms with Gasteiger partial charge in [0.2, 0.25) is 11.8 Å². The van der Waals surface area contributed by atoms with Crippen LogP contribution in [0.2, 0.25) is 10.0 Å². The number of para-hydroxylation sites is 1. The zero-order chi connectivity index (χ0) is 23.2. The summed E-state index contributed by atoms with van der Waals surface area (Å²) in [6.45, 7) is 3.24. The van der Waals surface area contributed by atoms with E-state index in [-0.39, 0.29) is 24.9 Å². The van der Waals surface area contributed by atoms with Gasteiger partial charge in [-0.05, 0) is 30.3 Å². The van der Waals surface area contributed by atoms with Crippen molar-refractivity contribution in [3.8, 4) is 5.69 Å². The Bertz CT molecular complexity index is 1120. The molecule has 0 atom stereocenters. The second-order valence-electron chi connectivity index (χ2n) is 7.63. The molecule has 2 N–H and O–H groups in total. The molecule has 172 valence electrons. The summed E-state index contributed by atoms with van der Waals surface area (Å²) in [4.78, 5) is 33.1. The topological polar surface area (TPSA) is 95.4 Å². The van der Waals surface area contributed by atoms with Gasteiger partial charge in [-0.1, -0.05) is 35.3 Å². The molecule has 2 heterocycles. The van der Waals surface area contributed by atoms with Gasteiger partial charge in [0.1, 0.15) is 12.7 Å². The van der Waals surface area contributed by atoms with Crippen LogP contribution in [0.25, 0.3) is 5.69 Å². The molecular formula is C22H23Cl2N7O2. The van der Waals surface area contributed by atoms with E-state index in [2.05, 4.69) is 30.5 Å². The van der Waals surface area contributed by atoms with Gasteiger partial charge in [0.15, 0.2) is 0 Å². The molecule has 1 fully saturated rings. The number of benzene rings is 2. The van der Waals surface area contributed by atoms with Gasteiger partial charge in [0.25, 0.3) is 0 Å². The van der Waals surface area contributed by atoms with E-state index in [1.54, 1.807) is 41.3 Å². The standard InChI is InChI=1S/C22H23Cl2N7O2/c23-16-5-6-20(31-15-25-14-26-31)19(11-16)28-22(33)13-30-9-7-29(8-10-30)12-21(32)27-18-4-2-1-3-17(18)24/h1-6,11,14-15H,7-10,12-13H2,(H,27,32)(H,28,33). The Morgan fingerprint density at radius 3 is 2.12 bits per heavy atom. The number of nitrogens with one attached hydrogen (secondary N) is 2. The molecule has 11 heteroatoms. The van der Waals surface area contributed by atoms with Crippen molar-refractivity contribution in [2.75, 3.05) is 49.9 Å². The number of halogens is 2. The molecule has 1 saturated heterocycles. The first kappa shape index (κ1) is 23.2. The predicted octanol–water partition coefficient (Wildman–Crippen LogP) is 2.77. The van der Waals surface area contributed by atoms with Gasteiger partial charge >= 0.3 is 0 Å². The second kappa shape index (κ2) is 10.8. The average Bonchev–Trinajstić information content (AvgIpc) is 3.31. The lowest BCUT2D eigenvalue weighted by molar-refractivity contribution is -0.120. The van der Waals surface area contributed by atoms with Crippen LogP contribution >= 0.6 is 23.2 Å². The Morgan fingerprint density at radius 2 is 1.52 bits per heavy atom. The highest BCUT2D eigenvalue weighted by molar-refractivity contribution is 6.33. The summed E-state index contributed by atoms with van der Waals surface area (Å²) in [6.07, 6.45) is 2.98. The van der Waals surface area contributed by atoms with Crippen LogP contribution in [0.1, 0.15) is 0 Å². The summed E-state index contributed by atoms with van der Waals surface area (Å²) in [7, 11) is 0. The number of rotatable bonds is 7. The van der Waals surface area contributed by atoms with Crippen LogP contribution in [0.5, 0.6) is 0 Å². The first-order valence-corrected chi connectivity index (χ1v) is 11.2. The van der Waals surface area contributed by atoms with Gasteiger partial charge in [0, 0.05) is 31.2 Å². The number of carbonyl (C=O) groups excluding carboxylic acids is 2. The number of amides is 2. The lowest BCUT2D eigenvalue weighted by Crippen LogP contribution is -2.50. The molecule has 0 spiro atoms. The van der Waals surface area contributed by atoms with E-state index in [0.717, 1.165) is 0 Å². The van der Waals surface area contributed by atoms with Crippen LogP contribution < -0.4 is 10.6 Å². The summed E-state index contributed by atoms with van der Waals surface area (Å²) >= 11 is 12.2. The van der Waals surface area contributed by atoms with Crippen LogP contribution in [0, 0.1) is 0 Å². The van der Waals surface area contributed by atoms with Crippen molar-refractivity contribution in [3.05, 3.63) is 65.2 Å². The summed E-state index contributed by atoms with van der Waals surface area (Å²) in [6, 6.07) is 12.3. The quantitative estimate of drug-likeness (QED) is 0.531. The Kier molecular flexibility index (Phi) is 7.56. The monoisotopic (exact) mass is 487 g/mol.